The molecule has 0 aromatic heterocycles. The van der Waals surface area contributed by atoms with E-state index in [2.05, 4.69) is 27.7 Å². The van der Waals surface area contributed by atoms with E-state index in [4.69, 9.17) is 10.2 Å². The Labute approximate surface area is 256 Å². The normalized spacial score (nSPS) is 58.9. The van der Waals surface area contributed by atoms with Crippen molar-refractivity contribution >= 4 is 11.4 Å². The monoisotopic (exact) mass is 576 g/mol. The molecule has 0 unspecified atom stereocenters. The lowest BCUT2D eigenvalue weighted by atomic mass is 9.45. The first-order valence-corrected chi connectivity index (χ1v) is 18.5. The average molecular weight is 577 g/mol. The maximum Gasteiger partial charge on any atom is 0.0596 e. The molecule has 0 aliphatic heterocycles. The van der Waals surface area contributed by atoms with Crippen molar-refractivity contribution in [2.24, 2.45) is 79.2 Å². The van der Waals surface area contributed by atoms with Crippen molar-refractivity contribution in [3.05, 3.63) is 0 Å². The van der Waals surface area contributed by atoms with Crippen molar-refractivity contribution in [1.82, 2.24) is 0 Å². The highest BCUT2D eigenvalue weighted by atomic mass is 16.3. The van der Waals surface area contributed by atoms with Crippen LogP contribution in [0.4, 0.5) is 0 Å². The molecule has 0 bridgehead atoms. The van der Waals surface area contributed by atoms with Gasteiger partial charge in [-0.05, 0) is 185 Å². The van der Waals surface area contributed by atoms with Crippen LogP contribution in [-0.2, 0) is 0 Å². The Hall–Kier alpha value is -0.740. The molecule has 14 atom stereocenters. The minimum Gasteiger partial charge on any atom is -0.393 e. The highest BCUT2D eigenvalue weighted by molar-refractivity contribution is 5.89. The zero-order valence-electron chi connectivity index (χ0n) is 27.3. The molecule has 8 saturated carbocycles. The third-order valence-electron chi connectivity index (χ3n) is 17.2. The first-order valence-electron chi connectivity index (χ1n) is 18.5. The predicted octanol–water partition coefficient (Wildman–Crippen LogP) is 8.59. The van der Waals surface area contributed by atoms with Gasteiger partial charge in [-0.15, -0.1) is 0 Å². The van der Waals surface area contributed by atoms with E-state index in [1.54, 1.807) is 0 Å². The number of hydrogen-bond acceptors (Lipinski definition) is 4. The maximum atomic E-state index is 10.8. The largest absolute Gasteiger partial charge is 0.393 e. The van der Waals surface area contributed by atoms with Crippen molar-refractivity contribution in [3.8, 4) is 0 Å². The summed E-state index contributed by atoms with van der Waals surface area (Å²) in [5, 5.41) is 31.7. The van der Waals surface area contributed by atoms with Crippen molar-refractivity contribution in [3.63, 3.8) is 0 Å². The van der Waals surface area contributed by atoms with Crippen LogP contribution in [0.25, 0.3) is 0 Å². The Kier molecular flexibility index (Phi) is 6.75. The van der Waals surface area contributed by atoms with Crippen LogP contribution in [0.1, 0.15) is 143 Å². The summed E-state index contributed by atoms with van der Waals surface area (Å²) >= 11 is 0. The molecule has 0 spiro atoms. The number of rotatable bonds is 1. The number of aliphatic hydroxyl groups excluding tert-OH is 2. The van der Waals surface area contributed by atoms with Gasteiger partial charge in [0, 0.05) is 11.4 Å². The first-order chi connectivity index (χ1) is 20.1. The average Bonchev–Trinajstić information content (AvgIpc) is 3.46. The van der Waals surface area contributed by atoms with Crippen LogP contribution in [0.2, 0.25) is 0 Å². The molecule has 8 fully saturated rings. The topological polar surface area (TPSA) is 65.2 Å². The molecule has 0 radical (unpaired) electrons. The first kappa shape index (κ1) is 28.7. The molecule has 234 valence electrons. The van der Waals surface area contributed by atoms with Crippen LogP contribution in [0.5, 0.6) is 0 Å². The van der Waals surface area contributed by atoms with Gasteiger partial charge >= 0.3 is 0 Å². The molecule has 0 aromatic carbocycles. The van der Waals surface area contributed by atoms with Crippen LogP contribution in [0.3, 0.4) is 0 Å². The Balaban J connectivity index is 0.928. The Bertz CT molecular complexity index is 1060. The molecule has 2 N–H and O–H groups in total. The van der Waals surface area contributed by atoms with E-state index in [1.807, 2.05) is 0 Å². The van der Waals surface area contributed by atoms with Gasteiger partial charge < -0.3 is 10.2 Å². The van der Waals surface area contributed by atoms with E-state index in [0.29, 0.717) is 10.8 Å². The Morgan fingerprint density at radius 2 is 0.881 bits per heavy atom. The predicted molar refractivity (Wildman–Crippen MR) is 170 cm³/mol. The Morgan fingerprint density at radius 1 is 0.476 bits per heavy atom. The van der Waals surface area contributed by atoms with E-state index in [9.17, 15) is 10.2 Å². The second-order valence-corrected chi connectivity index (χ2v) is 18.3. The van der Waals surface area contributed by atoms with Crippen LogP contribution in [-0.4, -0.2) is 33.8 Å². The third kappa shape index (κ3) is 3.97. The van der Waals surface area contributed by atoms with Gasteiger partial charge in [0.15, 0.2) is 0 Å². The van der Waals surface area contributed by atoms with Crippen molar-refractivity contribution in [2.45, 2.75) is 155 Å². The quantitative estimate of drug-likeness (QED) is 0.307. The summed E-state index contributed by atoms with van der Waals surface area (Å²) in [6.45, 7) is 10.1. The zero-order chi connectivity index (χ0) is 29.1. The van der Waals surface area contributed by atoms with Crippen molar-refractivity contribution in [2.75, 3.05) is 0 Å². The SMILES string of the molecule is C[C@]12CC/C(=N\N=C3\CC[C@@]4(C)[C@H](CC[C@H]5[C@@H]4CC[C@]4(C)[C@@H](O)CC[C@@H]54)C3)C[C@H]1CC[C@H]1[C@H]2CC[C@]2(C)[C@H](O)CC[C@@H]12. The molecule has 0 heterocycles. The summed E-state index contributed by atoms with van der Waals surface area (Å²) in [4.78, 5) is 0. The molecule has 4 nitrogen and oxygen atoms in total. The van der Waals surface area contributed by atoms with Gasteiger partial charge in [-0.2, -0.15) is 10.2 Å². The molecule has 8 aliphatic carbocycles. The number of aliphatic hydroxyl groups is 2. The van der Waals surface area contributed by atoms with E-state index in [0.717, 1.165) is 73.0 Å². The molecule has 8 aliphatic rings. The molecule has 0 amide bonds. The van der Waals surface area contributed by atoms with E-state index >= 15 is 0 Å². The Morgan fingerprint density at radius 3 is 1.31 bits per heavy atom. The van der Waals surface area contributed by atoms with Crippen LogP contribution in [0.15, 0.2) is 10.2 Å². The van der Waals surface area contributed by atoms with Crippen LogP contribution >= 0.6 is 0 Å². The fraction of sp³-hybridized carbons (Fsp3) is 0.947. The summed E-state index contributed by atoms with van der Waals surface area (Å²) in [6, 6.07) is 0. The van der Waals surface area contributed by atoms with Crippen LogP contribution in [0, 0.1) is 69.0 Å². The molecule has 0 saturated heterocycles. The lowest BCUT2D eigenvalue weighted by molar-refractivity contribution is -0.112. The summed E-state index contributed by atoms with van der Waals surface area (Å²) in [6.07, 6.45) is 22.3. The van der Waals surface area contributed by atoms with Gasteiger partial charge in [-0.25, -0.2) is 0 Å². The number of hydrogen-bond donors (Lipinski definition) is 2. The van der Waals surface area contributed by atoms with Crippen molar-refractivity contribution in [1.29, 1.82) is 0 Å². The number of nitrogens with zero attached hydrogens (tertiary/aromatic N) is 2. The van der Waals surface area contributed by atoms with E-state index in [1.165, 1.54) is 101 Å². The molecule has 42 heavy (non-hydrogen) atoms. The molecular weight excluding hydrogens is 516 g/mol. The zero-order valence-corrected chi connectivity index (χ0v) is 27.3. The summed E-state index contributed by atoms with van der Waals surface area (Å²) < 4.78 is 0. The molecule has 0 aromatic rings. The van der Waals surface area contributed by atoms with E-state index in [-0.39, 0.29) is 23.0 Å². The third-order valence-corrected chi connectivity index (χ3v) is 17.2. The number of fused-ring (bicyclic) bond motifs is 10. The molecular formula is C38H60N2O2. The summed E-state index contributed by atoms with van der Waals surface area (Å²) in [7, 11) is 0. The fourth-order valence-electron chi connectivity index (χ4n) is 14.4. The van der Waals surface area contributed by atoms with Gasteiger partial charge in [0.1, 0.15) is 0 Å². The van der Waals surface area contributed by atoms with Gasteiger partial charge in [-0.1, -0.05) is 27.7 Å². The highest BCUT2D eigenvalue weighted by Gasteiger charge is 2.61. The second kappa shape index (κ2) is 9.88. The maximum absolute atomic E-state index is 10.8. The van der Waals surface area contributed by atoms with Crippen molar-refractivity contribution < 1.29 is 10.2 Å². The minimum absolute atomic E-state index is 0.0642. The second-order valence-electron chi connectivity index (χ2n) is 18.3. The van der Waals surface area contributed by atoms with Gasteiger partial charge in [-0.3, -0.25) is 0 Å². The highest BCUT2D eigenvalue weighted by Crippen LogP contribution is 2.67. The summed E-state index contributed by atoms with van der Waals surface area (Å²) in [5.74, 6) is 6.43. The lowest BCUT2D eigenvalue weighted by Gasteiger charge is -2.60. The van der Waals surface area contributed by atoms with Gasteiger partial charge in [0.2, 0.25) is 0 Å². The summed E-state index contributed by atoms with van der Waals surface area (Å²) in [5.41, 5.74) is 4.08. The lowest BCUT2D eigenvalue weighted by Crippen LogP contribution is -2.54. The smallest absolute Gasteiger partial charge is 0.0596 e. The van der Waals surface area contributed by atoms with E-state index < -0.39 is 0 Å². The van der Waals surface area contributed by atoms with Crippen LogP contribution < -0.4 is 0 Å². The fourth-order valence-corrected chi connectivity index (χ4v) is 14.4. The molecule has 8 rings (SSSR count). The van der Waals surface area contributed by atoms with Gasteiger partial charge in [0.05, 0.1) is 12.2 Å². The molecule has 4 heteroatoms. The standard InChI is InChI=1S/C38H60N2O2/c1-35-17-13-25(21-23(35)5-7-27-29-9-11-33(41)37(29,3)19-15-31(27)35)39-40-26-14-18-36(2)24(22-26)6-8-28-30-10-12-34(42)38(30,4)20-16-32(28)36/h23-24,27-34,41-42H,5-22H2,1-4H3/b39-25-,40-26+/t23-,24-,27-,28-,29+,30+,31+,32-,33+,34-,35+,36+,37+,38+/m1/s1. The van der Waals surface area contributed by atoms with Gasteiger partial charge in [0.25, 0.3) is 0 Å². The minimum atomic E-state index is -0.0642.